The maximum atomic E-state index is 11.6. The second-order valence-corrected chi connectivity index (χ2v) is 6.74. The summed E-state index contributed by atoms with van der Waals surface area (Å²) in [4.78, 5) is 16.1. The molecule has 1 unspecified atom stereocenters. The maximum absolute atomic E-state index is 11.6. The van der Waals surface area contributed by atoms with Crippen LogP contribution >= 0.6 is 0 Å². The van der Waals surface area contributed by atoms with Crippen LogP contribution in [0, 0.1) is 5.92 Å². The van der Waals surface area contributed by atoms with E-state index < -0.39 is 11.7 Å². The summed E-state index contributed by atoms with van der Waals surface area (Å²) < 4.78 is 5.18. The number of carbonyl (C=O) groups is 1. The van der Waals surface area contributed by atoms with E-state index in [1.807, 2.05) is 27.7 Å². The highest BCUT2D eigenvalue weighted by atomic mass is 16.6. The summed E-state index contributed by atoms with van der Waals surface area (Å²) >= 11 is 0. The first kappa shape index (κ1) is 22.5. The number of aliphatic hydroxyl groups is 1. The van der Waals surface area contributed by atoms with Crippen LogP contribution in [0.25, 0.3) is 0 Å². The Morgan fingerprint density at radius 3 is 2.33 bits per heavy atom. The van der Waals surface area contributed by atoms with Crippen molar-refractivity contribution in [3.05, 3.63) is 0 Å². The van der Waals surface area contributed by atoms with Crippen molar-refractivity contribution in [2.45, 2.75) is 59.5 Å². The number of nitrogens with zero attached hydrogens (tertiary/aromatic N) is 1. The van der Waals surface area contributed by atoms with Crippen molar-refractivity contribution in [1.82, 2.24) is 16.0 Å². The van der Waals surface area contributed by atoms with Crippen molar-refractivity contribution in [2.24, 2.45) is 10.9 Å². The molecule has 142 valence electrons. The number of carbonyl (C=O) groups excluding carboxylic acids is 1. The minimum Gasteiger partial charge on any atom is -0.444 e. The van der Waals surface area contributed by atoms with Crippen molar-refractivity contribution in [3.8, 4) is 0 Å². The lowest BCUT2D eigenvalue weighted by molar-refractivity contribution is 0.0529. The number of alkyl carbamates (subject to hydrolysis) is 1. The molecule has 4 N–H and O–H groups in total. The molecule has 7 nitrogen and oxygen atoms in total. The van der Waals surface area contributed by atoms with Gasteiger partial charge in [-0.25, -0.2) is 4.79 Å². The molecular formula is C17H36N4O3. The van der Waals surface area contributed by atoms with E-state index >= 15 is 0 Å². The fourth-order valence-electron chi connectivity index (χ4n) is 2.14. The number of hydrogen-bond acceptors (Lipinski definition) is 4. The maximum Gasteiger partial charge on any atom is 0.407 e. The van der Waals surface area contributed by atoms with Crippen molar-refractivity contribution >= 4 is 12.1 Å². The third-order valence-electron chi connectivity index (χ3n) is 3.17. The minimum atomic E-state index is -0.491. The zero-order chi connectivity index (χ0) is 18.4. The number of hydrogen-bond donors (Lipinski definition) is 4. The van der Waals surface area contributed by atoms with Gasteiger partial charge in [0.05, 0.1) is 0 Å². The number of ether oxygens (including phenoxy) is 1. The highest BCUT2D eigenvalue weighted by Crippen LogP contribution is 2.10. The Hall–Kier alpha value is -1.50. The summed E-state index contributed by atoms with van der Waals surface area (Å²) in [6.07, 6.45) is 2.50. The third kappa shape index (κ3) is 13.0. The first-order valence-electron chi connectivity index (χ1n) is 8.92. The SMILES string of the molecule is CCCC(CCO)CN=C(NCC)NCCNC(=O)OC(C)(C)C. The Morgan fingerprint density at radius 1 is 1.12 bits per heavy atom. The molecule has 0 aromatic carbocycles. The molecule has 0 spiro atoms. The van der Waals surface area contributed by atoms with E-state index in [9.17, 15) is 4.79 Å². The van der Waals surface area contributed by atoms with Gasteiger partial charge in [-0.3, -0.25) is 4.99 Å². The molecule has 0 aliphatic heterocycles. The average molecular weight is 345 g/mol. The normalized spacial score (nSPS) is 13.3. The minimum absolute atomic E-state index is 0.198. The Morgan fingerprint density at radius 2 is 1.79 bits per heavy atom. The average Bonchev–Trinajstić information content (AvgIpc) is 2.47. The van der Waals surface area contributed by atoms with E-state index in [0.717, 1.165) is 31.8 Å². The smallest absolute Gasteiger partial charge is 0.407 e. The van der Waals surface area contributed by atoms with Crippen LogP contribution in [0.4, 0.5) is 4.79 Å². The molecule has 0 saturated heterocycles. The molecule has 0 fully saturated rings. The molecule has 0 aliphatic rings. The number of aliphatic hydroxyl groups excluding tert-OH is 1. The van der Waals surface area contributed by atoms with Crippen molar-refractivity contribution in [1.29, 1.82) is 0 Å². The van der Waals surface area contributed by atoms with Crippen LogP contribution < -0.4 is 16.0 Å². The van der Waals surface area contributed by atoms with Gasteiger partial charge >= 0.3 is 6.09 Å². The van der Waals surface area contributed by atoms with Gasteiger partial charge in [0, 0.05) is 32.8 Å². The lowest BCUT2D eigenvalue weighted by Gasteiger charge is -2.20. The number of rotatable bonds is 10. The van der Waals surface area contributed by atoms with Crippen LogP contribution in [0.3, 0.4) is 0 Å². The predicted molar refractivity (Wildman–Crippen MR) is 98.3 cm³/mol. The topological polar surface area (TPSA) is 95.0 Å². The van der Waals surface area contributed by atoms with E-state index in [1.54, 1.807) is 0 Å². The standard InChI is InChI=1S/C17H36N4O3/c1-6-8-14(9-12-22)13-21-15(18-7-2)19-10-11-20-16(23)24-17(3,4)5/h14,22H,6-13H2,1-5H3,(H,20,23)(H2,18,19,21). The van der Waals surface area contributed by atoms with Crippen molar-refractivity contribution in [3.63, 3.8) is 0 Å². The molecule has 0 aromatic rings. The summed E-state index contributed by atoms with van der Waals surface area (Å²) in [7, 11) is 0. The van der Waals surface area contributed by atoms with Crippen LogP contribution in [0.15, 0.2) is 4.99 Å². The van der Waals surface area contributed by atoms with Gasteiger partial charge in [-0.05, 0) is 46.5 Å². The summed E-state index contributed by atoms with van der Waals surface area (Å²) in [5, 5.41) is 18.2. The molecule has 0 bridgehead atoms. The van der Waals surface area contributed by atoms with E-state index in [0.29, 0.717) is 25.6 Å². The molecule has 0 heterocycles. The first-order chi connectivity index (χ1) is 11.3. The Bertz CT molecular complexity index is 361. The zero-order valence-electron chi connectivity index (χ0n) is 15.9. The third-order valence-corrected chi connectivity index (χ3v) is 3.17. The number of nitrogens with one attached hydrogen (secondary N) is 3. The number of amides is 1. The van der Waals surface area contributed by atoms with Crippen molar-refractivity contribution in [2.75, 3.05) is 32.8 Å². The zero-order valence-corrected chi connectivity index (χ0v) is 15.9. The van der Waals surface area contributed by atoms with Gasteiger partial charge in [-0.15, -0.1) is 0 Å². The van der Waals surface area contributed by atoms with Crippen LogP contribution in [-0.4, -0.2) is 55.5 Å². The van der Waals surface area contributed by atoms with Gasteiger partial charge in [0.2, 0.25) is 0 Å². The van der Waals surface area contributed by atoms with E-state index in [1.165, 1.54) is 0 Å². The van der Waals surface area contributed by atoms with Crippen molar-refractivity contribution < 1.29 is 14.6 Å². The molecule has 24 heavy (non-hydrogen) atoms. The van der Waals surface area contributed by atoms with E-state index in [2.05, 4.69) is 27.9 Å². The fraction of sp³-hybridized carbons (Fsp3) is 0.882. The second-order valence-electron chi connectivity index (χ2n) is 6.74. The van der Waals surface area contributed by atoms with Gasteiger partial charge in [0.25, 0.3) is 0 Å². The summed E-state index contributed by atoms with van der Waals surface area (Å²) in [6, 6.07) is 0. The summed E-state index contributed by atoms with van der Waals surface area (Å²) in [5.74, 6) is 1.12. The summed E-state index contributed by atoms with van der Waals surface area (Å²) in [5.41, 5.74) is -0.491. The molecule has 0 rings (SSSR count). The monoisotopic (exact) mass is 344 g/mol. The summed E-state index contributed by atoms with van der Waals surface area (Å²) in [6.45, 7) is 12.3. The quantitative estimate of drug-likeness (QED) is 0.276. The largest absolute Gasteiger partial charge is 0.444 e. The lowest BCUT2D eigenvalue weighted by Crippen LogP contribution is -2.42. The van der Waals surface area contributed by atoms with Gasteiger partial charge in [0.15, 0.2) is 5.96 Å². The number of guanidine groups is 1. The molecule has 1 amide bonds. The second kappa shape index (κ2) is 12.9. The first-order valence-corrected chi connectivity index (χ1v) is 8.92. The van der Waals surface area contributed by atoms with Crippen LogP contribution in [0.1, 0.15) is 53.9 Å². The van der Waals surface area contributed by atoms with Gasteiger partial charge < -0.3 is 25.8 Å². The Kier molecular flexibility index (Phi) is 12.1. The molecule has 1 atom stereocenters. The Labute approximate surface area is 146 Å². The lowest BCUT2D eigenvalue weighted by atomic mass is 10.0. The van der Waals surface area contributed by atoms with Crippen LogP contribution in [0.2, 0.25) is 0 Å². The molecule has 0 saturated carbocycles. The van der Waals surface area contributed by atoms with Gasteiger partial charge in [-0.1, -0.05) is 13.3 Å². The van der Waals surface area contributed by atoms with Gasteiger partial charge in [0.1, 0.15) is 5.60 Å². The fourth-order valence-corrected chi connectivity index (χ4v) is 2.14. The van der Waals surface area contributed by atoms with Gasteiger partial charge in [-0.2, -0.15) is 0 Å². The van der Waals surface area contributed by atoms with E-state index in [-0.39, 0.29) is 6.61 Å². The van der Waals surface area contributed by atoms with Crippen LogP contribution in [-0.2, 0) is 4.74 Å². The Balaban J connectivity index is 4.23. The molecule has 7 heteroatoms. The molecule has 0 aromatic heterocycles. The predicted octanol–water partition coefficient (Wildman–Crippen LogP) is 1.86. The van der Waals surface area contributed by atoms with Crippen LogP contribution in [0.5, 0.6) is 0 Å². The van der Waals surface area contributed by atoms with E-state index in [4.69, 9.17) is 9.84 Å². The molecule has 0 radical (unpaired) electrons. The highest BCUT2D eigenvalue weighted by molar-refractivity contribution is 5.79. The molecular weight excluding hydrogens is 308 g/mol. The highest BCUT2D eigenvalue weighted by Gasteiger charge is 2.15. The molecule has 0 aliphatic carbocycles. The number of aliphatic imine (C=N–C) groups is 1.